The van der Waals surface area contributed by atoms with Crippen molar-refractivity contribution in [1.29, 1.82) is 0 Å². The third-order valence-electron chi connectivity index (χ3n) is 2.57. The van der Waals surface area contributed by atoms with Gasteiger partial charge in [-0.2, -0.15) is 8.42 Å². The summed E-state index contributed by atoms with van der Waals surface area (Å²) in [5.74, 6) is 0. The van der Waals surface area contributed by atoms with Crippen molar-refractivity contribution >= 4 is 43.0 Å². The molecule has 1 heterocycles. The molecule has 2 aromatic carbocycles. The van der Waals surface area contributed by atoms with E-state index in [1.165, 1.54) is 23.5 Å². The predicted octanol–water partition coefficient (Wildman–Crippen LogP) is 2.90. The zero-order valence-corrected chi connectivity index (χ0v) is 10.1. The summed E-state index contributed by atoms with van der Waals surface area (Å²) in [5, 5.41) is 9.65. The Kier molecular flexibility index (Phi) is 2.22. The highest BCUT2D eigenvalue weighted by molar-refractivity contribution is 7.85. The monoisotopic (exact) mass is 262 g/mol. The van der Waals surface area contributed by atoms with Gasteiger partial charge < -0.3 is 0 Å². The molecule has 0 saturated heterocycles. The fourth-order valence-corrected chi connectivity index (χ4v) is 2.87. The van der Waals surface area contributed by atoms with Gasteiger partial charge in [-0.25, -0.2) is 0 Å². The van der Waals surface area contributed by atoms with Crippen molar-refractivity contribution in [2.75, 3.05) is 0 Å². The van der Waals surface area contributed by atoms with Gasteiger partial charge >= 0.3 is 0 Å². The molecule has 0 atom stereocenters. The van der Waals surface area contributed by atoms with Crippen LogP contribution < -0.4 is 0 Å². The van der Waals surface area contributed by atoms with Gasteiger partial charge in [0.25, 0.3) is 10.1 Å². The van der Waals surface area contributed by atoms with E-state index in [0.29, 0.717) is 0 Å². The maximum absolute atomic E-state index is 11.0. The maximum Gasteiger partial charge on any atom is 0.294 e. The predicted molar refractivity (Wildman–Crippen MR) is 66.8 cm³/mol. The van der Waals surface area contributed by atoms with Crippen molar-refractivity contribution in [1.82, 2.24) is 0 Å². The van der Waals surface area contributed by atoms with Crippen molar-refractivity contribution in [2.45, 2.75) is 4.90 Å². The van der Waals surface area contributed by atoms with Crippen LogP contribution in [0.1, 0.15) is 0 Å². The first-order chi connectivity index (χ1) is 8.04. The van der Waals surface area contributed by atoms with Crippen LogP contribution in [0.5, 0.6) is 0 Å². The normalized spacial score (nSPS) is 12.3. The van der Waals surface area contributed by atoms with Crippen molar-refractivity contribution in [3.63, 3.8) is 0 Å². The van der Waals surface area contributed by atoms with Crippen LogP contribution in [0.2, 0.25) is 0 Å². The summed E-state index contributed by atoms with van der Waals surface area (Å²) in [7, 11) is -4.15. The molecule has 0 saturated carbocycles. The Hall–Kier alpha value is -1.43. The van der Waals surface area contributed by atoms with E-state index in [0.717, 1.165) is 21.5 Å². The Balaban J connectivity index is 2.38. The molecule has 0 bridgehead atoms. The van der Waals surface area contributed by atoms with Gasteiger partial charge in [0, 0.05) is 10.8 Å². The molecular weight excluding hydrogens is 256 g/mol. The van der Waals surface area contributed by atoms with E-state index in [4.69, 9.17) is 4.55 Å². The van der Waals surface area contributed by atoms with Gasteiger partial charge in [-0.3, -0.25) is 4.55 Å². The molecule has 0 fully saturated rings. The zero-order chi connectivity index (χ0) is 12.0. The minimum Gasteiger partial charge on any atom is -0.282 e. The van der Waals surface area contributed by atoms with E-state index in [2.05, 4.69) is 10.8 Å². The molecule has 84 valence electrons. The quantitative estimate of drug-likeness (QED) is 0.686. The molecule has 3 rings (SSSR count). The van der Waals surface area contributed by atoms with Gasteiger partial charge in [0.2, 0.25) is 0 Å². The van der Waals surface area contributed by atoms with Crippen LogP contribution in [0.4, 0.5) is 0 Å². The first kappa shape index (κ1) is 10.7. The number of hydrogen-bond acceptors (Lipinski definition) is 3. The van der Waals surface area contributed by atoms with Crippen LogP contribution in [0.15, 0.2) is 35.2 Å². The molecule has 0 spiro atoms. The average molecular weight is 262 g/mol. The topological polar surface area (TPSA) is 54.4 Å². The Morgan fingerprint density at radius 1 is 1.00 bits per heavy atom. The Morgan fingerprint density at radius 3 is 2.29 bits per heavy atom. The Labute approximate surface area is 102 Å². The molecule has 2 radical (unpaired) electrons. The fourth-order valence-electron chi connectivity index (χ4n) is 1.74. The van der Waals surface area contributed by atoms with Crippen LogP contribution in [-0.2, 0) is 10.1 Å². The average Bonchev–Trinajstić information content (AvgIpc) is 2.70. The lowest BCUT2D eigenvalue weighted by Crippen LogP contribution is -1.97. The van der Waals surface area contributed by atoms with E-state index in [1.807, 2.05) is 12.1 Å². The SMILES string of the molecule is O=S(=O)(O)c1ccc2cc3[c]s[c]c3cc2c1. The summed E-state index contributed by atoms with van der Waals surface area (Å²) >= 11 is 1.36. The van der Waals surface area contributed by atoms with E-state index in [-0.39, 0.29) is 4.90 Å². The Bertz CT molecular complexity index is 816. The van der Waals surface area contributed by atoms with Gasteiger partial charge in [-0.15, -0.1) is 11.3 Å². The second-order valence-corrected chi connectivity index (χ2v) is 5.72. The van der Waals surface area contributed by atoms with Crippen molar-refractivity contribution < 1.29 is 13.0 Å². The number of hydrogen-bond donors (Lipinski definition) is 1. The van der Waals surface area contributed by atoms with Gasteiger partial charge in [0.05, 0.1) is 15.7 Å². The molecule has 0 aliphatic heterocycles. The van der Waals surface area contributed by atoms with Crippen molar-refractivity contribution in [3.05, 3.63) is 41.1 Å². The number of fused-ring (bicyclic) bond motifs is 2. The highest BCUT2D eigenvalue weighted by Crippen LogP contribution is 2.26. The molecule has 3 nitrogen and oxygen atoms in total. The van der Waals surface area contributed by atoms with Crippen LogP contribution in [0.3, 0.4) is 0 Å². The summed E-state index contributed by atoms with van der Waals surface area (Å²) < 4.78 is 31.0. The summed E-state index contributed by atoms with van der Waals surface area (Å²) in [6, 6.07) is 8.27. The minimum absolute atomic E-state index is 0.0939. The molecule has 5 heteroatoms. The van der Waals surface area contributed by atoms with Crippen LogP contribution in [0, 0.1) is 10.8 Å². The summed E-state index contributed by atoms with van der Waals surface area (Å²) in [4.78, 5) is -0.0939. The number of rotatable bonds is 1. The summed E-state index contributed by atoms with van der Waals surface area (Å²) in [5.41, 5.74) is 0. The summed E-state index contributed by atoms with van der Waals surface area (Å²) in [6.07, 6.45) is 0. The smallest absolute Gasteiger partial charge is 0.282 e. The van der Waals surface area contributed by atoms with Crippen molar-refractivity contribution in [3.8, 4) is 0 Å². The molecule has 0 unspecified atom stereocenters. The number of benzene rings is 2. The first-order valence-corrected chi connectivity index (χ1v) is 7.03. The largest absolute Gasteiger partial charge is 0.294 e. The number of thiophene rings is 1. The van der Waals surface area contributed by atoms with E-state index in [9.17, 15) is 8.42 Å². The Morgan fingerprint density at radius 2 is 1.65 bits per heavy atom. The lowest BCUT2D eigenvalue weighted by atomic mass is 10.1. The van der Waals surface area contributed by atoms with Crippen LogP contribution in [0.25, 0.3) is 21.5 Å². The second kappa shape index (κ2) is 3.53. The molecular formula is C12H6O3S2. The van der Waals surface area contributed by atoms with Gasteiger partial charge in [0.1, 0.15) is 0 Å². The molecule has 1 aromatic heterocycles. The zero-order valence-electron chi connectivity index (χ0n) is 8.47. The van der Waals surface area contributed by atoms with E-state index < -0.39 is 10.1 Å². The second-order valence-electron chi connectivity index (χ2n) is 3.69. The van der Waals surface area contributed by atoms with Gasteiger partial charge in [-0.05, 0) is 35.0 Å². The van der Waals surface area contributed by atoms with Gasteiger partial charge in [-0.1, -0.05) is 6.07 Å². The third kappa shape index (κ3) is 1.82. The molecule has 3 aromatic rings. The van der Waals surface area contributed by atoms with Gasteiger partial charge in [0.15, 0.2) is 0 Å². The lowest BCUT2D eigenvalue weighted by molar-refractivity contribution is 0.483. The molecule has 17 heavy (non-hydrogen) atoms. The van der Waals surface area contributed by atoms with E-state index in [1.54, 1.807) is 6.07 Å². The third-order valence-corrected chi connectivity index (χ3v) is 4.06. The standard InChI is InChI=1S/C12H6O3S2/c13-17(14,15)12-2-1-8-3-10-6-16-7-11(10)4-9(8)5-12/h1-5H,(H,13,14,15). The first-order valence-electron chi connectivity index (χ1n) is 4.77. The van der Waals surface area contributed by atoms with Crippen molar-refractivity contribution in [2.24, 2.45) is 0 Å². The summed E-state index contributed by atoms with van der Waals surface area (Å²) in [6.45, 7) is 0. The van der Waals surface area contributed by atoms with Crippen LogP contribution in [-0.4, -0.2) is 13.0 Å². The molecule has 0 aliphatic rings. The fraction of sp³-hybridized carbons (Fsp3) is 0. The van der Waals surface area contributed by atoms with E-state index >= 15 is 0 Å². The maximum atomic E-state index is 11.0. The molecule has 1 N–H and O–H groups in total. The lowest BCUT2D eigenvalue weighted by Gasteiger charge is -2.01. The van der Waals surface area contributed by atoms with Crippen LogP contribution >= 0.6 is 11.3 Å². The minimum atomic E-state index is -4.15. The highest BCUT2D eigenvalue weighted by Gasteiger charge is 2.10. The molecule has 0 amide bonds. The highest BCUT2D eigenvalue weighted by atomic mass is 32.2. The molecule has 0 aliphatic carbocycles.